The summed E-state index contributed by atoms with van der Waals surface area (Å²) >= 11 is 3.11. The summed E-state index contributed by atoms with van der Waals surface area (Å²) in [5.41, 5.74) is 1.44. The van der Waals surface area contributed by atoms with E-state index in [0.717, 1.165) is 11.6 Å². The average molecular weight is 380 g/mol. The fourth-order valence-electron chi connectivity index (χ4n) is 1.81. The van der Waals surface area contributed by atoms with Gasteiger partial charge in [0, 0.05) is 10.2 Å². The number of nitrogens with one attached hydrogen (secondary N) is 1. The van der Waals surface area contributed by atoms with Gasteiger partial charge in [0.05, 0.1) is 5.56 Å². The third-order valence-corrected chi connectivity index (χ3v) is 3.62. The third kappa shape index (κ3) is 4.63. The molecule has 1 N–H and O–H groups in total. The molecule has 0 spiro atoms. The van der Waals surface area contributed by atoms with Gasteiger partial charge in [-0.1, -0.05) is 33.6 Å². The number of esters is 1. The monoisotopic (exact) mass is 379 g/mol. The molecule has 0 aliphatic heterocycles. The van der Waals surface area contributed by atoms with Gasteiger partial charge in [-0.25, -0.2) is 9.18 Å². The number of hydrogen-bond acceptors (Lipinski definition) is 3. The van der Waals surface area contributed by atoms with Crippen LogP contribution in [0.5, 0.6) is 0 Å². The summed E-state index contributed by atoms with van der Waals surface area (Å²) in [7, 11) is 0. The number of carbonyl (C=O) groups excluding carboxylic acids is 2. The van der Waals surface area contributed by atoms with Crippen LogP contribution in [0.4, 0.5) is 10.1 Å². The fourth-order valence-corrected chi connectivity index (χ4v) is 2.15. The van der Waals surface area contributed by atoms with Gasteiger partial charge in [-0.3, -0.25) is 4.79 Å². The van der Waals surface area contributed by atoms with Crippen molar-refractivity contribution in [3.63, 3.8) is 0 Å². The largest absolute Gasteiger partial charge is 0.449 e. The van der Waals surface area contributed by atoms with Crippen LogP contribution < -0.4 is 5.32 Å². The fraction of sp³-hybridized carbons (Fsp3) is 0.176. The lowest BCUT2D eigenvalue weighted by Gasteiger charge is -2.14. The second-order valence-electron chi connectivity index (χ2n) is 5.03. The van der Waals surface area contributed by atoms with E-state index in [0.29, 0.717) is 10.2 Å². The van der Waals surface area contributed by atoms with Crippen molar-refractivity contribution in [2.24, 2.45) is 0 Å². The number of benzene rings is 2. The molecule has 0 bridgehead atoms. The van der Waals surface area contributed by atoms with Crippen molar-refractivity contribution in [2.45, 2.75) is 20.0 Å². The predicted molar refractivity (Wildman–Crippen MR) is 88.8 cm³/mol. The van der Waals surface area contributed by atoms with Crippen LogP contribution in [0.25, 0.3) is 0 Å². The topological polar surface area (TPSA) is 55.4 Å². The van der Waals surface area contributed by atoms with E-state index >= 15 is 0 Å². The first kappa shape index (κ1) is 17.1. The van der Waals surface area contributed by atoms with Crippen molar-refractivity contribution in [1.29, 1.82) is 0 Å². The summed E-state index contributed by atoms with van der Waals surface area (Å²) in [5, 5.41) is 2.63. The predicted octanol–water partition coefficient (Wildman–Crippen LogP) is 4.08. The molecule has 2 aromatic rings. The molecule has 4 nitrogen and oxygen atoms in total. The smallest absolute Gasteiger partial charge is 0.341 e. The summed E-state index contributed by atoms with van der Waals surface area (Å²) in [6.07, 6.45) is -1.05. The zero-order valence-corrected chi connectivity index (χ0v) is 14.2. The van der Waals surface area contributed by atoms with Crippen molar-refractivity contribution in [2.75, 3.05) is 5.32 Å². The lowest BCUT2D eigenvalue weighted by molar-refractivity contribution is -0.123. The molecule has 1 atom stereocenters. The van der Waals surface area contributed by atoms with Crippen LogP contribution in [0.1, 0.15) is 22.8 Å². The molecule has 0 aliphatic carbocycles. The van der Waals surface area contributed by atoms with E-state index in [1.54, 1.807) is 12.1 Å². The molecule has 0 saturated carbocycles. The van der Waals surface area contributed by atoms with E-state index in [4.69, 9.17) is 4.74 Å². The Labute approximate surface area is 141 Å². The third-order valence-electron chi connectivity index (χ3n) is 3.12. The molecule has 0 unspecified atom stereocenters. The average Bonchev–Trinajstić information content (AvgIpc) is 2.49. The highest BCUT2D eigenvalue weighted by Crippen LogP contribution is 2.17. The van der Waals surface area contributed by atoms with Crippen LogP contribution in [0.3, 0.4) is 0 Å². The molecular formula is C17H15BrFNO3. The minimum Gasteiger partial charge on any atom is -0.449 e. The van der Waals surface area contributed by atoms with E-state index in [-0.39, 0.29) is 5.56 Å². The van der Waals surface area contributed by atoms with Crippen molar-refractivity contribution in [3.8, 4) is 0 Å². The van der Waals surface area contributed by atoms with Crippen LogP contribution in [0, 0.1) is 12.7 Å². The second-order valence-corrected chi connectivity index (χ2v) is 5.94. The van der Waals surface area contributed by atoms with Gasteiger partial charge in [-0.2, -0.15) is 0 Å². The number of carbonyl (C=O) groups is 2. The lowest BCUT2D eigenvalue weighted by Crippen LogP contribution is -2.30. The minimum absolute atomic E-state index is 0.219. The Morgan fingerprint density at radius 3 is 2.43 bits per heavy atom. The Kier molecular flexibility index (Phi) is 5.50. The maximum absolute atomic E-state index is 13.7. The number of rotatable bonds is 4. The first-order chi connectivity index (χ1) is 10.9. The summed E-state index contributed by atoms with van der Waals surface area (Å²) in [5.74, 6) is -2.09. The standard InChI is InChI=1S/C17H15BrFNO3/c1-10-3-6-13(7-4-10)20-16(21)11(2)23-17(22)14-8-5-12(18)9-15(14)19/h3-9,11H,1-2H3,(H,20,21)/t11-/m1/s1. The molecular weight excluding hydrogens is 365 g/mol. The van der Waals surface area contributed by atoms with Crippen LogP contribution in [-0.2, 0) is 9.53 Å². The molecule has 0 fully saturated rings. The number of ether oxygens (including phenoxy) is 1. The normalized spacial score (nSPS) is 11.7. The Hall–Kier alpha value is -2.21. The molecule has 6 heteroatoms. The summed E-state index contributed by atoms with van der Waals surface area (Å²) in [4.78, 5) is 23.9. The van der Waals surface area contributed by atoms with Crippen LogP contribution in [0.2, 0.25) is 0 Å². The Balaban J connectivity index is 2.00. The maximum Gasteiger partial charge on any atom is 0.341 e. The van der Waals surface area contributed by atoms with Crippen molar-refractivity contribution in [3.05, 3.63) is 63.9 Å². The molecule has 0 aliphatic rings. The van der Waals surface area contributed by atoms with Gasteiger partial charge in [0.2, 0.25) is 0 Å². The summed E-state index contributed by atoms with van der Waals surface area (Å²) in [6.45, 7) is 3.36. The SMILES string of the molecule is Cc1ccc(NC(=O)[C@@H](C)OC(=O)c2ccc(Br)cc2F)cc1. The van der Waals surface area contributed by atoms with E-state index in [1.165, 1.54) is 19.1 Å². The van der Waals surface area contributed by atoms with Crippen molar-refractivity contribution < 1.29 is 18.7 Å². The van der Waals surface area contributed by atoms with E-state index < -0.39 is 23.8 Å². The van der Waals surface area contributed by atoms with Crippen molar-refractivity contribution in [1.82, 2.24) is 0 Å². The van der Waals surface area contributed by atoms with Gasteiger partial charge < -0.3 is 10.1 Å². The number of anilines is 1. The van der Waals surface area contributed by atoms with Gasteiger partial charge >= 0.3 is 5.97 Å². The number of halogens is 2. The lowest BCUT2D eigenvalue weighted by atomic mass is 10.2. The van der Waals surface area contributed by atoms with Crippen LogP contribution >= 0.6 is 15.9 Å². The van der Waals surface area contributed by atoms with Gasteiger partial charge in [0.25, 0.3) is 5.91 Å². The molecule has 23 heavy (non-hydrogen) atoms. The van der Waals surface area contributed by atoms with E-state index in [2.05, 4.69) is 21.2 Å². The second kappa shape index (κ2) is 7.37. The zero-order chi connectivity index (χ0) is 17.0. The molecule has 0 aromatic heterocycles. The van der Waals surface area contributed by atoms with Gasteiger partial charge in [0.15, 0.2) is 6.10 Å². The van der Waals surface area contributed by atoms with Crippen LogP contribution in [0.15, 0.2) is 46.9 Å². The quantitative estimate of drug-likeness (QED) is 0.814. The summed E-state index contributed by atoms with van der Waals surface area (Å²) < 4.78 is 19.2. The summed E-state index contributed by atoms with van der Waals surface area (Å²) in [6, 6.07) is 11.2. The molecule has 120 valence electrons. The molecule has 1 amide bonds. The molecule has 0 saturated heterocycles. The van der Waals surface area contributed by atoms with Crippen molar-refractivity contribution >= 4 is 33.5 Å². The number of aryl methyl sites for hydroxylation is 1. The molecule has 2 rings (SSSR count). The number of amides is 1. The van der Waals surface area contributed by atoms with Crippen LogP contribution in [-0.4, -0.2) is 18.0 Å². The maximum atomic E-state index is 13.7. The number of hydrogen-bond donors (Lipinski definition) is 1. The first-order valence-electron chi connectivity index (χ1n) is 6.90. The van der Waals surface area contributed by atoms with Gasteiger partial charge in [0.1, 0.15) is 5.82 Å². The van der Waals surface area contributed by atoms with E-state index in [9.17, 15) is 14.0 Å². The molecule has 2 aromatic carbocycles. The van der Waals surface area contributed by atoms with E-state index in [1.807, 2.05) is 19.1 Å². The highest BCUT2D eigenvalue weighted by Gasteiger charge is 2.21. The first-order valence-corrected chi connectivity index (χ1v) is 7.69. The zero-order valence-electron chi connectivity index (χ0n) is 12.6. The Bertz CT molecular complexity index is 731. The molecule has 0 heterocycles. The molecule has 0 radical (unpaired) electrons. The highest BCUT2D eigenvalue weighted by molar-refractivity contribution is 9.10. The Morgan fingerprint density at radius 2 is 1.83 bits per heavy atom. The minimum atomic E-state index is -1.05. The Morgan fingerprint density at radius 1 is 1.17 bits per heavy atom. The highest BCUT2D eigenvalue weighted by atomic mass is 79.9. The van der Waals surface area contributed by atoms with Gasteiger partial charge in [-0.15, -0.1) is 0 Å². The van der Waals surface area contributed by atoms with Gasteiger partial charge in [-0.05, 0) is 44.2 Å².